The highest BCUT2D eigenvalue weighted by Gasteiger charge is 2.20. The number of hydrogen-bond acceptors (Lipinski definition) is 5. The topological polar surface area (TPSA) is 95.9 Å². The molecule has 0 bridgehead atoms. The van der Waals surface area contributed by atoms with Crippen molar-refractivity contribution in [3.8, 4) is 0 Å². The van der Waals surface area contributed by atoms with Gasteiger partial charge in [0, 0.05) is 12.8 Å². The maximum absolute atomic E-state index is 12.5. The molecule has 3 N–H and O–H groups in total. The summed E-state index contributed by atoms with van der Waals surface area (Å²) < 4.78 is 5.52. The summed E-state index contributed by atoms with van der Waals surface area (Å²) in [5, 5.41) is 23.4. The molecule has 0 aromatic heterocycles. The summed E-state index contributed by atoms with van der Waals surface area (Å²) in [5.74, 6) is -0.00232. The normalized spacial score (nSPS) is 12.4. The molecule has 0 saturated carbocycles. The molecule has 0 aromatic rings. The Hall–Kier alpha value is -1.14. The van der Waals surface area contributed by atoms with Crippen molar-refractivity contribution < 1.29 is 24.5 Å². The number of rotatable bonds is 71. The number of carbonyl (C=O) groups excluding carboxylic acids is 2. The molecular formula is C74H147NO5. The van der Waals surface area contributed by atoms with Crippen LogP contribution in [0.1, 0.15) is 438 Å². The van der Waals surface area contributed by atoms with Crippen molar-refractivity contribution in [2.45, 2.75) is 450 Å². The molecule has 0 heterocycles. The summed E-state index contributed by atoms with van der Waals surface area (Å²) in [6.45, 7) is 5.01. The van der Waals surface area contributed by atoms with Gasteiger partial charge in [-0.25, -0.2) is 0 Å². The van der Waals surface area contributed by atoms with Gasteiger partial charge < -0.3 is 20.3 Å². The highest BCUT2D eigenvalue weighted by molar-refractivity contribution is 5.76. The molecule has 80 heavy (non-hydrogen) atoms. The highest BCUT2D eigenvalue weighted by atomic mass is 16.5. The van der Waals surface area contributed by atoms with E-state index in [0.29, 0.717) is 25.9 Å². The van der Waals surface area contributed by atoms with Crippen molar-refractivity contribution >= 4 is 11.9 Å². The second-order valence-electron chi connectivity index (χ2n) is 26.0. The average molecular weight is 1130 g/mol. The molecule has 0 spiro atoms. The van der Waals surface area contributed by atoms with Crippen LogP contribution in [0.2, 0.25) is 0 Å². The van der Waals surface area contributed by atoms with E-state index in [2.05, 4.69) is 19.2 Å². The minimum Gasteiger partial charge on any atom is -0.466 e. The van der Waals surface area contributed by atoms with Crippen molar-refractivity contribution in [1.29, 1.82) is 0 Å². The van der Waals surface area contributed by atoms with E-state index < -0.39 is 12.1 Å². The van der Waals surface area contributed by atoms with Crippen molar-refractivity contribution in [3.63, 3.8) is 0 Å². The maximum Gasteiger partial charge on any atom is 0.305 e. The van der Waals surface area contributed by atoms with Crippen molar-refractivity contribution in [2.75, 3.05) is 13.2 Å². The third-order valence-electron chi connectivity index (χ3n) is 17.9. The van der Waals surface area contributed by atoms with Gasteiger partial charge in [-0.3, -0.25) is 9.59 Å². The number of aliphatic hydroxyl groups is 2. The fourth-order valence-electron chi connectivity index (χ4n) is 12.2. The number of esters is 1. The Labute approximate surface area is 502 Å². The first-order valence-electron chi connectivity index (χ1n) is 37.3. The lowest BCUT2D eigenvalue weighted by atomic mass is 10.0. The first kappa shape index (κ1) is 78.9. The quantitative estimate of drug-likeness (QED) is 0.0417. The zero-order chi connectivity index (χ0) is 57.8. The lowest BCUT2D eigenvalue weighted by Gasteiger charge is -2.22. The first-order chi connectivity index (χ1) is 39.5. The van der Waals surface area contributed by atoms with Crippen LogP contribution in [0, 0.1) is 0 Å². The van der Waals surface area contributed by atoms with Gasteiger partial charge in [0.05, 0.1) is 25.4 Å². The van der Waals surface area contributed by atoms with Gasteiger partial charge in [-0.1, -0.05) is 399 Å². The predicted octanol–water partition coefficient (Wildman–Crippen LogP) is 24.2. The van der Waals surface area contributed by atoms with Crippen molar-refractivity contribution in [1.82, 2.24) is 5.32 Å². The molecule has 0 aliphatic rings. The van der Waals surface area contributed by atoms with E-state index in [0.717, 1.165) is 38.5 Å². The number of carbonyl (C=O) groups is 2. The Morgan fingerprint density at radius 1 is 0.300 bits per heavy atom. The number of hydrogen-bond donors (Lipinski definition) is 3. The smallest absolute Gasteiger partial charge is 0.305 e. The number of ether oxygens (including phenoxy) is 1. The first-order valence-corrected chi connectivity index (χ1v) is 37.3. The van der Waals surface area contributed by atoms with E-state index in [1.54, 1.807) is 0 Å². The Morgan fingerprint density at radius 3 is 0.762 bits per heavy atom. The van der Waals surface area contributed by atoms with Crippen molar-refractivity contribution in [2.24, 2.45) is 0 Å². The zero-order valence-corrected chi connectivity index (χ0v) is 54.9. The minimum atomic E-state index is -0.661. The van der Waals surface area contributed by atoms with Crippen LogP contribution in [0.5, 0.6) is 0 Å². The van der Waals surface area contributed by atoms with Gasteiger partial charge in [0.1, 0.15) is 0 Å². The Bertz CT molecular complexity index is 1160. The molecule has 6 nitrogen and oxygen atoms in total. The molecule has 2 unspecified atom stereocenters. The Balaban J connectivity index is 3.31. The van der Waals surface area contributed by atoms with Gasteiger partial charge in [0.2, 0.25) is 5.91 Å². The average Bonchev–Trinajstić information content (AvgIpc) is 3.46. The number of amides is 1. The van der Waals surface area contributed by atoms with Crippen LogP contribution in [-0.4, -0.2) is 47.4 Å². The lowest BCUT2D eigenvalue weighted by molar-refractivity contribution is -0.143. The van der Waals surface area contributed by atoms with E-state index in [4.69, 9.17) is 4.74 Å². The molecular weight excluding hydrogens is 983 g/mol. The number of aliphatic hydroxyl groups excluding tert-OH is 2. The largest absolute Gasteiger partial charge is 0.466 e. The Kier molecular flexibility index (Phi) is 69.3. The second kappa shape index (κ2) is 70.3. The lowest BCUT2D eigenvalue weighted by Crippen LogP contribution is -2.45. The zero-order valence-electron chi connectivity index (χ0n) is 54.9. The van der Waals surface area contributed by atoms with Gasteiger partial charge in [0.15, 0.2) is 0 Å². The van der Waals surface area contributed by atoms with E-state index in [9.17, 15) is 19.8 Å². The fraction of sp³-hybridized carbons (Fsp3) is 0.973. The molecule has 478 valence electrons. The summed E-state index contributed by atoms with van der Waals surface area (Å²) in [4.78, 5) is 24.6. The third-order valence-corrected chi connectivity index (χ3v) is 17.9. The third kappa shape index (κ3) is 66.0. The van der Waals surface area contributed by atoms with E-state index >= 15 is 0 Å². The molecule has 0 saturated heterocycles. The minimum absolute atomic E-state index is 0.0251. The van der Waals surface area contributed by atoms with E-state index in [1.807, 2.05) is 0 Å². The summed E-state index contributed by atoms with van der Waals surface area (Å²) in [7, 11) is 0. The van der Waals surface area contributed by atoms with Crippen LogP contribution in [0.15, 0.2) is 0 Å². The van der Waals surface area contributed by atoms with Crippen LogP contribution >= 0.6 is 0 Å². The summed E-state index contributed by atoms with van der Waals surface area (Å²) >= 11 is 0. The molecule has 2 atom stereocenters. The van der Waals surface area contributed by atoms with Gasteiger partial charge in [-0.15, -0.1) is 0 Å². The molecule has 0 aliphatic carbocycles. The summed E-state index contributed by atoms with van der Waals surface area (Å²) in [6, 6.07) is -0.538. The maximum atomic E-state index is 12.5. The molecule has 0 radical (unpaired) electrons. The highest BCUT2D eigenvalue weighted by Crippen LogP contribution is 2.20. The summed E-state index contributed by atoms with van der Waals surface area (Å²) in [5.41, 5.74) is 0. The van der Waals surface area contributed by atoms with E-state index in [1.165, 1.54) is 366 Å². The van der Waals surface area contributed by atoms with Crippen LogP contribution in [0.3, 0.4) is 0 Å². The van der Waals surface area contributed by atoms with Gasteiger partial charge in [-0.05, 0) is 25.7 Å². The Morgan fingerprint density at radius 2 is 0.512 bits per heavy atom. The van der Waals surface area contributed by atoms with Crippen molar-refractivity contribution in [3.05, 3.63) is 0 Å². The fourth-order valence-corrected chi connectivity index (χ4v) is 12.2. The SMILES string of the molecule is CCCCCCCCCCCCCCCCCCCCCC(=O)OCCCCCCCCCCCCCCCCCCCCCCCCCCCCCCC(=O)NC(CO)C(O)CCCCCCCCCCCCCCCCCC. The second-order valence-corrected chi connectivity index (χ2v) is 26.0. The van der Waals surface area contributed by atoms with Crippen LogP contribution < -0.4 is 5.32 Å². The van der Waals surface area contributed by atoms with Crippen LogP contribution in [-0.2, 0) is 14.3 Å². The van der Waals surface area contributed by atoms with Crippen LogP contribution in [0.4, 0.5) is 0 Å². The molecule has 1 amide bonds. The molecule has 0 aromatic carbocycles. The predicted molar refractivity (Wildman–Crippen MR) is 352 cm³/mol. The standard InChI is InChI=1S/C74H147NO5/c1-3-5-7-9-11-13-15-17-19-21-32-36-40-44-48-52-56-60-64-68-74(79)80-69-65-61-57-53-49-45-41-37-34-31-29-27-25-23-22-24-26-28-30-33-35-39-43-47-51-55-59-63-67-73(78)75-71(70-76)72(77)66-62-58-54-50-46-42-38-20-18-16-14-12-10-8-6-4-2/h71-72,76-77H,3-70H2,1-2H3,(H,75,78). The van der Waals surface area contributed by atoms with Gasteiger partial charge in [0.25, 0.3) is 0 Å². The summed E-state index contributed by atoms with van der Waals surface area (Å²) in [6.07, 6.45) is 86.0. The number of unbranched alkanes of at least 4 members (excludes halogenated alkanes) is 60. The monoisotopic (exact) mass is 1130 g/mol. The molecule has 0 rings (SSSR count). The van der Waals surface area contributed by atoms with Gasteiger partial charge in [-0.2, -0.15) is 0 Å². The molecule has 6 heteroatoms. The van der Waals surface area contributed by atoms with Gasteiger partial charge >= 0.3 is 5.97 Å². The van der Waals surface area contributed by atoms with E-state index in [-0.39, 0.29) is 18.5 Å². The van der Waals surface area contributed by atoms with Crippen LogP contribution in [0.25, 0.3) is 0 Å². The number of nitrogens with one attached hydrogen (secondary N) is 1. The molecule has 0 aliphatic heterocycles. The molecule has 0 fully saturated rings.